The number of carbonyl (C=O) groups excluding carboxylic acids is 1. The maximum Gasteiger partial charge on any atom is 0.427 e. The fourth-order valence-electron chi connectivity index (χ4n) is 0.984. The van der Waals surface area contributed by atoms with E-state index in [1.807, 2.05) is 13.8 Å². The fourth-order valence-corrected chi connectivity index (χ4v) is 1.77. The zero-order valence-electron chi connectivity index (χ0n) is 10.7. The van der Waals surface area contributed by atoms with Crippen LogP contribution in [0.3, 0.4) is 0 Å². The van der Waals surface area contributed by atoms with Gasteiger partial charge in [0.05, 0.1) is 18.2 Å². The first-order chi connectivity index (χ1) is 8.86. The van der Waals surface area contributed by atoms with Crippen LogP contribution < -0.4 is 5.48 Å². The number of aliphatic hydroxyl groups is 1. The molecule has 2 N–H and O–H groups in total. The quantitative estimate of drug-likeness (QED) is 0.660. The van der Waals surface area contributed by atoms with Crippen LogP contribution in [0.25, 0.3) is 0 Å². The summed E-state index contributed by atoms with van der Waals surface area (Å²) in [6.07, 6.45) is -4.63. The van der Waals surface area contributed by atoms with E-state index >= 15 is 0 Å². The minimum atomic E-state index is -4.63. The Kier molecular flexibility index (Phi) is 7.57. The number of hydrogen-bond donors (Lipinski definition) is 2. The van der Waals surface area contributed by atoms with Crippen molar-refractivity contribution in [1.29, 1.82) is 0 Å². The number of thiazole rings is 1. The third kappa shape index (κ3) is 5.53. The lowest BCUT2D eigenvalue weighted by Crippen LogP contribution is -2.27. The molecule has 0 aliphatic heterocycles. The van der Waals surface area contributed by atoms with Crippen LogP contribution in [-0.2, 0) is 11.0 Å². The third-order valence-corrected chi connectivity index (χ3v) is 2.58. The summed E-state index contributed by atoms with van der Waals surface area (Å²) in [6.45, 7) is 4.80. The van der Waals surface area contributed by atoms with Gasteiger partial charge >= 0.3 is 6.18 Å². The third-order valence-electron chi connectivity index (χ3n) is 1.56. The number of rotatable bonds is 4. The highest BCUT2D eigenvalue weighted by Crippen LogP contribution is 2.36. The summed E-state index contributed by atoms with van der Waals surface area (Å²) in [4.78, 5) is 18.2. The second kappa shape index (κ2) is 8.08. The maximum absolute atomic E-state index is 12.5. The Morgan fingerprint density at radius 2 is 2.05 bits per heavy atom. The number of amides is 1. The monoisotopic (exact) mass is 300 g/mol. The SMILES string of the molecule is CC.Cc1nc(C(=O)NOCCO)c(C(F)(F)F)s1. The van der Waals surface area contributed by atoms with Crippen molar-refractivity contribution >= 4 is 17.2 Å². The van der Waals surface area contributed by atoms with E-state index in [0.717, 1.165) is 0 Å². The number of aliphatic hydroxyl groups excluding tert-OH is 1. The Morgan fingerprint density at radius 3 is 2.53 bits per heavy atom. The predicted octanol–water partition coefficient (Wildman–Crippen LogP) is 2.15. The summed E-state index contributed by atoms with van der Waals surface area (Å²) in [6, 6.07) is 0. The second-order valence-corrected chi connectivity index (χ2v) is 4.11. The molecule has 0 spiro atoms. The molecule has 9 heteroatoms. The molecule has 0 radical (unpaired) electrons. The first kappa shape index (κ1) is 17.8. The van der Waals surface area contributed by atoms with Crippen molar-refractivity contribution in [2.75, 3.05) is 13.2 Å². The van der Waals surface area contributed by atoms with Gasteiger partial charge in [-0.25, -0.2) is 10.5 Å². The summed E-state index contributed by atoms with van der Waals surface area (Å²) < 4.78 is 37.6. The molecule has 1 amide bonds. The van der Waals surface area contributed by atoms with Crippen molar-refractivity contribution in [1.82, 2.24) is 10.5 Å². The average Bonchev–Trinajstić information content (AvgIpc) is 2.74. The molecule has 0 saturated carbocycles. The number of aromatic nitrogens is 1. The van der Waals surface area contributed by atoms with Crippen LogP contribution >= 0.6 is 11.3 Å². The Balaban J connectivity index is 0.00000154. The molecule has 110 valence electrons. The lowest BCUT2D eigenvalue weighted by atomic mass is 10.3. The van der Waals surface area contributed by atoms with Gasteiger partial charge in [0.2, 0.25) is 0 Å². The Bertz CT molecular complexity index is 407. The summed E-state index contributed by atoms with van der Waals surface area (Å²) in [7, 11) is 0. The molecule has 19 heavy (non-hydrogen) atoms. The molecule has 1 aromatic heterocycles. The van der Waals surface area contributed by atoms with Crippen molar-refractivity contribution in [3.8, 4) is 0 Å². The van der Waals surface area contributed by atoms with Crippen molar-refractivity contribution in [3.63, 3.8) is 0 Å². The molecule has 0 bridgehead atoms. The topological polar surface area (TPSA) is 71.5 Å². The van der Waals surface area contributed by atoms with Crippen LogP contribution in [0.2, 0.25) is 0 Å². The summed E-state index contributed by atoms with van der Waals surface area (Å²) in [5.41, 5.74) is 1.05. The number of nitrogens with zero attached hydrogens (tertiary/aromatic N) is 1. The van der Waals surface area contributed by atoms with Crippen molar-refractivity contribution in [2.45, 2.75) is 26.9 Å². The van der Waals surface area contributed by atoms with Crippen LogP contribution in [0.1, 0.15) is 34.2 Å². The van der Waals surface area contributed by atoms with E-state index in [0.29, 0.717) is 11.3 Å². The van der Waals surface area contributed by atoms with Crippen molar-refractivity contribution in [2.24, 2.45) is 0 Å². The number of carbonyl (C=O) groups is 1. The Labute approximate surface area is 112 Å². The van der Waals surface area contributed by atoms with E-state index < -0.39 is 22.7 Å². The van der Waals surface area contributed by atoms with Crippen LogP contribution in [0.5, 0.6) is 0 Å². The summed E-state index contributed by atoms with van der Waals surface area (Å²) >= 11 is 0.387. The lowest BCUT2D eigenvalue weighted by molar-refractivity contribution is -0.134. The highest BCUT2D eigenvalue weighted by atomic mass is 32.1. The van der Waals surface area contributed by atoms with Gasteiger partial charge in [-0.3, -0.25) is 9.63 Å². The summed E-state index contributed by atoms with van der Waals surface area (Å²) in [5, 5.41) is 8.50. The number of hydroxylamine groups is 1. The Hall–Kier alpha value is -1.19. The number of hydrogen-bond acceptors (Lipinski definition) is 5. The van der Waals surface area contributed by atoms with Crippen LogP contribution in [0, 0.1) is 6.92 Å². The van der Waals surface area contributed by atoms with E-state index in [-0.39, 0.29) is 18.2 Å². The van der Waals surface area contributed by atoms with E-state index in [1.54, 1.807) is 5.48 Å². The van der Waals surface area contributed by atoms with E-state index in [1.165, 1.54) is 6.92 Å². The zero-order chi connectivity index (χ0) is 15.1. The van der Waals surface area contributed by atoms with Gasteiger partial charge in [-0.2, -0.15) is 13.2 Å². The van der Waals surface area contributed by atoms with Gasteiger partial charge in [-0.05, 0) is 6.92 Å². The number of aryl methyl sites for hydroxylation is 1. The maximum atomic E-state index is 12.5. The molecule has 1 rings (SSSR count). The van der Waals surface area contributed by atoms with Gasteiger partial charge in [-0.1, -0.05) is 13.8 Å². The van der Waals surface area contributed by atoms with Gasteiger partial charge in [-0.15, -0.1) is 11.3 Å². The predicted molar refractivity (Wildman–Crippen MR) is 63.7 cm³/mol. The second-order valence-electron chi connectivity index (χ2n) is 2.91. The number of alkyl halides is 3. The minimum absolute atomic E-state index is 0.129. The molecule has 0 fully saturated rings. The van der Waals surface area contributed by atoms with Crippen LogP contribution in [-0.4, -0.2) is 29.2 Å². The van der Waals surface area contributed by atoms with Gasteiger partial charge < -0.3 is 5.11 Å². The Morgan fingerprint density at radius 1 is 1.47 bits per heavy atom. The molecule has 5 nitrogen and oxygen atoms in total. The molecule has 0 saturated heterocycles. The molecule has 0 atom stereocenters. The normalized spacial score (nSPS) is 10.7. The van der Waals surface area contributed by atoms with Gasteiger partial charge in [0.1, 0.15) is 4.88 Å². The standard InChI is InChI=1S/C8H9F3N2O3S.C2H6/c1-4-12-5(6(17-4)8(9,10)11)7(15)13-16-3-2-14;1-2/h14H,2-3H2,1H3,(H,13,15);1-2H3. The fraction of sp³-hybridized carbons (Fsp3) is 0.600. The largest absolute Gasteiger partial charge is 0.427 e. The molecule has 0 aliphatic carbocycles. The van der Waals surface area contributed by atoms with E-state index in [4.69, 9.17) is 5.11 Å². The highest BCUT2D eigenvalue weighted by molar-refractivity contribution is 7.12. The van der Waals surface area contributed by atoms with Crippen molar-refractivity contribution in [3.05, 3.63) is 15.6 Å². The molecule has 1 heterocycles. The van der Waals surface area contributed by atoms with Crippen LogP contribution in [0.15, 0.2) is 0 Å². The number of halogens is 3. The van der Waals surface area contributed by atoms with E-state index in [2.05, 4.69) is 9.82 Å². The van der Waals surface area contributed by atoms with Gasteiger partial charge in [0.15, 0.2) is 5.69 Å². The molecule has 1 aromatic rings. The summed E-state index contributed by atoms with van der Waals surface area (Å²) in [5.74, 6) is -1.09. The van der Waals surface area contributed by atoms with Crippen LogP contribution in [0.4, 0.5) is 13.2 Å². The van der Waals surface area contributed by atoms with E-state index in [9.17, 15) is 18.0 Å². The minimum Gasteiger partial charge on any atom is -0.394 e. The molecule has 0 unspecified atom stereocenters. The smallest absolute Gasteiger partial charge is 0.394 e. The average molecular weight is 300 g/mol. The molecule has 0 aromatic carbocycles. The number of nitrogens with one attached hydrogen (secondary N) is 1. The van der Waals surface area contributed by atoms with Crippen molar-refractivity contribution < 1.29 is 27.9 Å². The first-order valence-electron chi connectivity index (χ1n) is 5.44. The van der Waals surface area contributed by atoms with Gasteiger partial charge in [0.25, 0.3) is 5.91 Å². The molecular formula is C10H15F3N2O3S. The molecule has 0 aliphatic rings. The highest BCUT2D eigenvalue weighted by Gasteiger charge is 2.38. The zero-order valence-corrected chi connectivity index (χ0v) is 11.5. The lowest BCUT2D eigenvalue weighted by Gasteiger charge is -2.06. The first-order valence-corrected chi connectivity index (χ1v) is 6.25. The van der Waals surface area contributed by atoms with Gasteiger partial charge in [0, 0.05) is 0 Å². The molecular weight excluding hydrogens is 285 g/mol.